The third-order valence-electron chi connectivity index (χ3n) is 4.46. The number of nitrogens with one attached hydrogen (secondary N) is 1. The molecule has 2 aliphatic rings. The molecule has 2 saturated heterocycles. The highest BCUT2D eigenvalue weighted by molar-refractivity contribution is 5.89. The van der Waals surface area contributed by atoms with Crippen LogP contribution in [0.2, 0.25) is 0 Å². The third kappa shape index (κ3) is 3.76. The van der Waals surface area contributed by atoms with Crippen molar-refractivity contribution in [2.24, 2.45) is 5.92 Å². The number of likely N-dealkylation sites (N-methyl/N-ethyl adjacent to an activating group) is 1. The van der Waals surface area contributed by atoms with Crippen LogP contribution in [-0.2, 0) is 14.4 Å². The Morgan fingerprint density at radius 2 is 1.86 bits per heavy atom. The molecule has 0 aromatic carbocycles. The lowest BCUT2D eigenvalue weighted by molar-refractivity contribution is -0.137. The molecule has 0 bridgehead atoms. The van der Waals surface area contributed by atoms with Crippen LogP contribution < -0.4 is 5.32 Å². The smallest absolute Gasteiger partial charge is 0.233 e. The molecule has 0 spiro atoms. The summed E-state index contributed by atoms with van der Waals surface area (Å²) in [5.74, 6) is -0.0585. The molecule has 124 valence electrons. The number of hydrogen-bond donors (Lipinski definition) is 1. The van der Waals surface area contributed by atoms with Crippen molar-refractivity contribution in [1.29, 1.82) is 0 Å². The summed E-state index contributed by atoms with van der Waals surface area (Å²) in [6, 6.07) is 0.148. The van der Waals surface area contributed by atoms with Crippen LogP contribution in [0.25, 0.3) is 0 Å². The molecule has 3 amide bonds. The fourth-order valence-electron chi connectivity index (χ4n) is 3.06. The average Bonchev–Trinajstić information content (AvgIpc) is 2.89. The Balaban J connectivity index is 1.83. The number of hydrogen-bond acceptors (Lipinski definition) is 4. The lowest BCUT2D eigenvalue weighted by atomic mass is 10.1. The largest absolute Gasteiger partial charge is 0.358 e. The third-order valence-corrected chi connectivity index (χ3v) is 4.46. The van der Waals surface area contributed by atoms with Crippen LogP contribution in [0, 0.1) is 5.92 Å². The first-order valence-corrected chi connectivity index (χ1v) is 7.93. The normalized spacial score (nSPS) is 23.3. The summed E-state index contributed by atoms with van der Waals surface area (Å²) in [5.41, 5.74) is 0. The molecule has 0 aromatic heterocycles. The monoisotopic (exact) mass is 310 g/mol. The number of nitrogens with zero attached hydrogens (tertiary/aromatic N) is 3. The fraction of sp³-hybridized carbons (Fsp3) is 0.800. The summed E-state index contributed by atoms with van der Waals surface area (Å²) >= 11 is 0. The zero-order valence-corrected chi connectivity index (χ0v) is 13.7. The van der Waals surface area contributed by atoms with Gasteiger partial charge in [-0.25, -0.2) is 0 Å². The van der Waals surface area contributed by atoms with E-state index < -0.39 is 0 Å². The second-order valence-corrected chi connectivity index (χ2v) is 6.32. The highest BCUT2D eigenvalue weighted by atomic mass is 16.2. The summed E-state index contributed by atoms with van der Waals surface area (Å²) in [4.78, 5) is 41.5. The van der Waals surface area contributed by atoms with Crippen molar-refractivity contribution in [1.82, 2.24) is 20.0 Å². The summed E-state index contributed by atoms with van der Waals surface area (Å²) in [6.07, 6.45) is 0.329. The molecule has 22 heavy (non-hydrogen) atoms. The van der Waals surface area contributed by atoms with Crippen LogP contribution in [0.15, 0.2) is 0 Å². The summed E-state index contributed by atoms with van der Waals surface area (Å²) < 4.78 is 0. The molecule has 0 aliphatic carbocycles. The second-order valence-electron chi connectivity index (χ2n) is 6.32. The second kappa shape index (κ2) is 7.09. The van der Waals surface area contributed by atoms with Crippen LogP contribution in [0.1, 0.15) is 20.3 Å². The highest BCUT2D eigenvalue weighted by Crippen LogP contribution is 2.22. The fourth-order valence-corrected chi connectivity index (χ4v) is 3.06. The first-order valence-electron chi connectivity index (χ1n) is 7.93. The number of likely N-dealkylation sites (tertiary alicyclic amines) is 1. The summed E-state index contributed by atoms with van der Waals surface area (Å²) in [5, 5.41) is 2.61. The molecule has 0 aromatic rings. The zero-order valence-electron chi connectivity index (χ0n) is 13.7. The minimum Gasteiger partial charge on any atom is -0.358 e. The maximum absolute atomic E-state index is 12.5. The van der Waals surface area contributed by atoms with Gasteiger partial charge in [0, 0.05) is 52.2 Å². The maximum Gasteiger partial charge on any atom is 0.233 e. The average molecular weight is 310 g/mol. The number of rotatable bonds is 4. The van der Waals surface area contributed by atoms with Gasteiger partial charge in [0.1, 0.15) is 0 Å². The Hall–Kier alpha value is -1.63. The molecule has 1 unspecified atom stereocenters. The molecule has 0 saturated carbocycles. The molecule has 2 rings (SSSR count). The van der Waals surface area contributed by atoms with Crippen molar-refractivity contribution in [3.8, 4) is 0 Å². The Kier molecular flexibility index (Phi) is 5.39. The molecular weight excluding hydrogens is 284 g/mol. The van der Waals surface area contributed by atoms with E-state index in [4.69, 9.17) is 0 Å². The lowest BCUT2D eigenvalue weighted by Crippen LogP contribution is -2.52. The van der Waals surface area contributed by atoms with Crippen molar-refractivity contribution in [2.75, 3.05) is 46.3 Å². The Labute approximate surface area is 131 Å². The van der Waals surface area contributed by atoms with Crippen LogP contribution in [0.3, 0.4) is 0 Å². The van der Waals surface area contributed by atoms with Gasteiger partial charge in [0.05, 0.1) is 12.5 Å². The Bertz CT molecular complexity index is 444. The van der Waals surface area contributed by atoms with E-state index in [2.05, 4.69) is 5.32 Å². The number of carbonyl (C=O) groups is 3. The van der Waals surface area contributed by atoms with Crippen LogP contribution >= 0.6 is 0 Å². The molecular formula is C15H26N4O3. The number of carbonyl (C=O) groups excluding carboxylic acids is 3. The standard InChI is InChI=1S/C15H26N4O3/c1-11(2)19-9-12(8-14(19)21)15(22)18-6-4-17(5-7-18)10-13(20)16-3/h11-12H,4-10H2,1-3H3,(H,16,20). The first-order chi connectivity index (χ1) is 10.4. The van der Waals surface area contributed by atoms with Crippen molar-refractivity contribution < 1.29 is 14.4 Å². The Morgan fingerprint density at radius 3 is 2.36 bits per heavy atom. The van der Waals surface area contributed by atoms with Gasteiger partial charge in [0.2, 0.25) is 17.7 Å². The van der Waals surface area contributed by atoms with E-state index in [0.29, 0.717) is 45.7 Å². The zero-order chi connectivity index (χ0) is 16.3. The molecule has 2 heterocycles. The van der Waals surface area contributed by atoms with Gasteiger partial charge in [-0.05, 0) is 13.8 Å². The van der Waals surface area contributed by atoms with E-state index in [1.165, 1.54) is 0 Å². The van der Waals surface area contributed by atoms with Gasteiger partial charge in [-0.1, -0.05) is 0 Å². The van der Waals surface area contributed by atoms with Crippen LogP contribution in [-0.4, -0.2) is 84.8 Å². The molecule has 0 radical (unpaired) electrons. The van der Waals surface area contributed by atoms with Gasteiger partial charge >= 0.3 is 0 Å². The highest BCUT2D eigenvalue weighted by Gasteiger charge is 2.38. The van der Waals surface area contributed by atoms with E-state index in [1.807, 2.05) is 23.6 Å². The van der Waals surface area contributed by atoms with Gasteiger partial charge in [-0.3, -0.25) is 19.3 Å². The predicted molar refractivity (Wildman–Crippen MR) is 82.0 cm³/mol. The van der Waals surface area contributed by atoms with Gasteiger partial charge in [-0.15, -0.1) is 0 Å². The lowest BCUT2D eigenvalue weighted by Gasteiger charge is -2.35. The van der Waals surface area contributed by atoms with Crippen LogP contribution in [0.4, 0.5) is 0 Å². The summed E-state index contributed by atoms with van der Waals surface area (Å²) in [7, 11) is 1.62. The van der Waals surface area contributed by atoms with E-state index >= 15 is 0 Å². The van der Waals surface area contributed by atoms with E-state index in [1.54, 1.807) is 11.9 Å². The van der Waals surface area contributed by atoms with Gasteiger partial charge < -0.3 is 15.1 Å². The molecule has 2 fully saturated rings. The molecule has 1 N–H and O–H groups in total. The molecule has 7 nitrogen and oxygen atoms in total. The van der Waals surface area contributed by atoms with Gasteiger partial charge in [-0.2, -0.15) is 0 Å². The summed E-state index contributed by atoms with van der Waals surface area (Å²) in [6.45, 7) is 7.52. The maximum atomic E-state index is 12.5. The van der Waals surface area contributed by atoms with E-state index in [-0.39, 0.29) is 29.7 Å². The minimum absolute atomic E-state index is 0.00580. The topological polar surface area (TPSA) is 73.0 Å². The quantitative estimate of drug-likeness (QED) is 0.733. The van der Waals surface area contributed by atoms with E-state index in [9.17, 15) is 14.4 Å². The van der Waals surface area contributed by atoms with Crippen molar-refractivity contribution >= 4 is 17.7 Å². The van der Waals surface area contributed by atoms with Gasteiger partial charge in [0.15, 0.2) is 0 Å². The predicted octanol–water partition coefficient (Wildman–Crippen LogP) is -0.866. The van der Waals surface area contributed by atoms with Gasteiger partial charge in [0.25, 0.3) is 0 Å². The van der Waals surface area contributed by atoms with E-state index in [0.717, 1.165) is 0 Å². The number of amides is 3. The molecule has 7 heteroatoms. The molecule has 1 atom stereocenters. The Morgan fingerprint density at radius 1 is 1.23 bits per heavy atom. The van der Waals surface area contributed by atoms with Crippen molar-refractivity contribution in [3.05, 3.63) is 0 Å². The minimum atomic E-state index is -0.208. The van der Waals surface area contributed by atoms with Crippen molar-refractivity contribution in [3.63, 3.8) is 0 Å². The van der Waals surface area contributed by atoms with Crippen LogP contribution in [0.5, 0.6) is 0 Å². The molecule has 2 aliphatic heterocycles. The number of piperazine rings is 1. The SMILES string of the molecule is CNC(=O)CN1CCN(C(=O)C2CC(=O)N(C(C)C)C2)CC1. The van der Waals surface area contributed by atoms with Crippen molar-refractivity contribution in [2.45, 2.75) is 26.3 Å². The first kappa shape index (κ1) is 16.7.